The summed E-state index contributed by atoms with van der Waals surface area (Å²) in [4.78, 5) is 12.2. The first kappa shape index (κ1) is 15.2. The van der Waals surface area contributed by atoms with Crippen LogP contribution < -0.4 is 16.4 Å². The highest BCUT2D eigenvalue weighted by Crippen LogP contribution is 2.39. The van der Waals surface area contributed by atoms with Crippen LogP contribution in [0.4, 0.5) is 5.69 Å². The topological polar surface area (TPSA) is 80.0 Å². The molecule has 0 amide bonds. The number of hydrogen-bond acceptors (Lipinski definition) is 6. The van der Waals surface area contributed by atoms with Crippen molar-refractivity contribution < 1.29 is 0 Å². The molecule has 0 unspecified atom stereocenters. The quantitative estimate of drug-likeness (QED) is 0.840. The Hall–Kier alpha value is -1.69. The second-order valence-corrected chi connectivity index (χ2v) is 7.08. The lowest BCUT2D eigenvalue weighted by Gasteiger charge is -2.45. The van der Waals surface area contributed by atoms with Gasteiger partial charge in [0.2, 0.25) is 11.9 Å². The SMILES string of the molecule is CCSc1ccc(N2C(N)=NC(N)=NC23CCCCC3)cc1. The number of aliphatic imine (C=N–C) groups is 2. The fourth-order valence-electron chi connectivity index (χ4n) is 3.35. The van der Waals surface area contributed by atoms with E-state index in [4.69, 9.17) is 11.5 Å². The van der Waals surface area contributed by atoms with Crippen LogP contribution in [0.3, 0.4) is 0 Å². The summed E-state index contributed by atoms with van der Waals surface area (Å²) in [6.45, 7) is 2.16. The number of nitrogens with two attached hydrogens (primary N) is 2. The number of rotatable bonds is 3. The molecule has 1 saturated carbocycles. The van der Waals surface area contributed by atoms with Crippen LogP contribution >= 0.6 is 11.8 Å². The van der Waals surface area contributed by atoms with E-state index < -0.39 is 0 Å². The molecule has 1 aliphatic heterocycles. The van der Waals surface area contributed by atoms with Crippen molar-refractivity contribution in [2.45, 2.75) is 49.6 Å². The standard InChI is InChI=1S/C16H23N5S/c1-2-22-13-8-6-12(7-9-13)21-15(18)19-14(17)20-16(21)10-4-3-5-11-16/h6-9H,2-5,10-11H2,1H3,(H4,17,18,19,20). The average Bonchev–Trinajstić information content (AvgIpc) is 2.49. The first-order valence-electron chi connectivity index (χ1n) is 7.87. The van der Waals surface area contributed by atoms with E-state index in [1.54, 1.807) is 0 Å². The monoisotopic (exact) mass is 317 g/mol. The normalized spacial score (nSPS) is 20.7. The second-order valence-electron chi connectivity index (χ2n) is 5.75. The predicted molar refractivity (Wildman–Crippen MR) is 94.4 cm³/mol. The summed E-state index contributed by atoms with van der Waals surface area (Å²) in [5, 5.41) is 0. The lowest BCUT2D eigenvalue weighted by molar-refractivity contribution is 0.305. The van der Waals surface area contributed by atoms with Crippen molar-refractivity contribution in [2.24, 2.45) is 21.5 Å². The van der Waals surface area contributed by atoms with Gasteiger partial charge in [0.05, 0.1) is 0 Å². The number of thioether (sulfide) groups is 1. The van der Waals surface area contributed by atoms with Crippen LogP contribution in [0.15, 0.2) is 39.1 Å². The van der Waals surface area contributed by atoms with Crippen LogP contribution in [-0.2, 0) is 0 Å². The van der Waals surface area contributed by atoms with Gasteiger partial charge in [-0.2, -0.15) is 4.99 Å². The van der Waals surface area contributed by atoms with Gasteiger partial charge < -0.3 is 11.5 Å². The molecular formula is C16H23N5S. The van der Waals surface area contributed by atoms with Crippen LogP contribution in [0.2, 0.25) is 0 Å². The number of anilines is 1. The molecule has 1 heterocycles. The Labute approximate surface area is 135 Å². The first-order chi connectivity index (χ1) is 10.6. The van der Waals surface area contributed by atoms with Crippen LogP contribution in [-0.4, -0.2) is 23.3 Å². The summed E-state index contributed by atoms with van der Waals surface area (Å²) in [6, 6.07) is 8.48. The zero-order valence-electron chi connectivity index (χ0n) is 13.0. The molecule has 0 radical (unpaired) electrons. The Kier molecular flexibility index (Phi) is 4.29. The van der Waals surface area contributed by atoms with E-state index >= 15 is 0 Å². The Morgan fingerprint density at radius 1 is 1.14 bits per heavy atom. The van der Waals surface area contributed by atoms with Crippen LogP contribution in [0, 0.1) is 0 Å². The van der Waals surface area contributed by atoms with Crippen molar-refractivity contribution in [3.05, 3.63) is 24.3 Å². The van der Waals surface area contributed by atoms with Gasteiger partial charge in [0.1, 0.15) is 5.66 Å². The smallest absolute Gasteiger partial charge is 0.220 e. The molecule has 0 aromatic heterocycles. The number of nitrogens with zero attached hydrogens (tertiary/aromatic N) is 3. The molecule has 1 aromatic carbocycles. The van der Waals surface area contributed by atoms with Gasteiger partial charge in [0.25, 0.3) is 0 Å². The largest absolute Gasteiger partial charge is 0.369 e. The van der Waals surface area contributed by atoms with E-state index in [-0.39, 0.29) is 5.66 Å². The Morgan fingerprint density at radius 2 is 1.82 bits per heavy atom. The molecule has 1 aromatic rings. The summed E-state index contributed by atoms with van der Waals surface area (Å²) < 4.78 is 0. The van der Waals surface area contributed by atoms with E-state index in [2.05, 4.69) is 46.1 Å². The molecule has 2 aliphatic rings. The molecule has 6 heteroatoms. The van der Waals surface area contributed by atoms with E-state index in [1.807, 2.05) is 11.8 Å². The van der Waals surface area contributed by atoms with E-state index in [9.17, 15) is 0 Å². The van der Waals surface area contributed by atoms with Crippen molar-refractivity contribution in [3.8, 4) is 0 Å². The zero-order chi connectivity index (χ0) is 15.6. The van der Waals surface area contributed by atoms with Crippen LogP contribution in [0.5, 0.6) is 0 Å². The minimum absolute atomic E-state index is 0.300. The molecule has 4 N–H and O–H groups in total. The number of guanidine groups is 2. The Balaban J connectivity index is 1.96. The zero-order valence-corrected chi connectivity index (χ0v) is 13.8. The molecule has 0 bridgehead atoms. The summed E-state index contributed by atoms with van der Waals surface area (Å²) in [6.07, 6.45) is 5.47. The molecule has 0 saturated heterocycles. The summed E-state index contributed by atoms with van der Waals surface area (Å²) >= 11 is 1.83. The third-order valence-electron chi connectivity index (χ3n) is 4.26. The minimum Gasteiger partial charge on any atom is -0.369 e. The van der Waals surface area contributed by atoms with Gasteiger partial charge in [-0.05, 0) is 55.7 Å². The van der Waals surface area contributed by atoms with Gasteiger partial charge in [0, 0.05) is 10.6 Å². The van der Waals surface area contributed by atoms with Gasteiger partial charge in [-0.25, -0.2) is 4.99 Å². The van der Waals surface area contributed by atoms with Gasteiger partial charge in [-0.3, -0.25) is 4.90 Å². The lowest BCUT2D eigenvalue weighted by atomic mass is 9.87. The summed E-state index contributed by atoms with van der Waals surface area (Å²) in [5.41, 5.74) is 12.8. The van der Waals surface area contributed by atoms with Crippen LogP contribution in [0.1, 0.15) is 39.0 Å². The maximum Gasteiger partial charge on any atom is 0.220 e. The Bertz CT molecular complexity index is 587. The van der Waals surface area contributed by atoms with Gasteiger partial charge in [-0.15, -0.1) is 11.8 Å². The highest BCUT2D eigenvalue weighted by Gasteiger charge is 2.42. The van der Waals surface area contributed by atoms with Crippen molar-refractivity contribution in [1.29, 1.82) is 0 Å². The number of benzene rings is 1. The first-order valence-corrected chi connectivity index (χ1v) is 8.86. The molecule has 1 aliphatic carbocycles. The van der Waals surface area contributed by atoms with E-state index in [0.717, 1.165) is 37.1 Å². The van der Waals surface area contributed by atoms with E-state index in [0.29, 0.717) is 11.9 Å². The highest BCUT2D eigenvalue weighted by atomic mass is 32.2. The van der Waals surface area contributed by atoms with Crippen molar-refractivity contribution in [3.63, 3.8) is 0 Å². The molecule has 0 atom stereocenters. The van der Waals surface area contributed by atoms with Crippen molar-refractivity contribution in [1.82, 2.24) is 0 Å². The third-order valence-corrected chi connectivity index (χ3v) is 5.15. The highest BCUT2D eigenvalue weighted by molar-refractivity contribution is 7.99. The van der Waals surface area contributed by atoms with Crippen LogP contribution in [0.25, 0.3) is 0 Å². The molecule has 22 heavy (non-hydrogen) atoms. The minimum atomic E-state index is -0.354. The summed E-state index contributed by atoms with van der Waals surface area (Å²) in [5.74, 6) is 1.82. The maximum atomic E-state index is 6.21. The molecule has 1 spiro atoms. The molecule has 118 valence electrons. The van der Waals surface area contributed by atoms with Gasteiger partial charge in [0.15, 0.2) is 0 Å². The molecule has 3 rings (SSSR count). The number of hydrogen-bond donors (Lipinski definition) is 2. The maximum absolute atomic E-state index is 6.21. The van der Waals surface area contributed by atoms with Gasteiger partial charge in [-0.1, -0.05) is 13.3 Å². The predicted octanol–water partition coefficient (Wildman–Crippen LogP) is 2.91. The molecule has 5 nitrogen and oxygen atoms in total. The molecular weight excluding hydrogens is 294 g/mol. The third kappa shape index (κ3) is 2.79. The van der Waals surface area contributed by atoms with E-state index in [1.165, 1.54) is 11.3 Å². The van der Waals surface area contributed by atoms with Crippen molar-refractivity contribution >= 4 is 29.4 Å². The lowest BCUT2D eigenvalue weighted by Crippen LogP contribution is -2.58. The fraction of sp³-hybridized carbons (Fsp3) is 0.500. The average molecular weight is 317 g/mol. The second kappa shape index (κ2) is 6.20. The van der Waals surface area contributed by atoms with Crippen molar-refractivity contribution in [2.75, 3.05) is 10.7 Å². The van der Waals surface area contributed by atoms with Gasteiger partial charge >= 0.3 is 0 Å². The fourth-order valence-corrected chi connectivity index (χ4v) is 4.01. The molecule has 1 fully saturated rings. The summed E-state index contributed by atoms with van der Waals surface area (Å²) in [7, 11) is 0. The Morgan fingerprint density at radius 3 is 2.45 bits per heavy atom.